The van der Waals surface area contributed by atoms with Crippen molar-refractivity contribution in [2.24, 2.45) is 5.92 Å². The molecule has 2 aromatic heterocycles. The first-order chi connectivity index (χ1) is 12.2. The molecule has 0 radical (unpaired) electrons. The number of rotatable bonds is 6. The second-order valence-corrected chi connectivity index (χ2v) is 6.49. The summed E-state index contributed by atoms with van der Waals surface area (Å²) in [5.41, 5.74) is 1.49. The Morgan fingerprint density at radius 1 is 1.08 bits per heavy atom. The molecule has 1 aliphatic rings. The van der Waals surface area contributed by atoms with Crippen molar-refractivity contribution >= 4 is 11.5 Å². The Labute approximate surface area is 144 Å². The van der Waals surface area contributed by atoms with E-state index in [4.69, 9.17) is 0 Å². The van der Waals surface area contributed by atoms with E-state index in [0.29, 0.717) is 17.4 Å². The van der Waals surface area contributed by atoms with Crippen molar-refractivity contribution in [1.82, 2.24) is 19.8 Å². The van der Waals surface area contributed by atoms with Gasteiger partial charge in [-0.25, -0.2) is 8.78 Å². The van der Waals surface area contributed by atoms with E-state index in [1.165, 1.54) is 24.8 Å². The third-order valence-electron chi connectivity index (χ3n) is 4.80. The van der Waals surface area contributed by atoms with Crippen LogP contribution in [0.5, 0.6) is 0 Å². The third kappa shape index (κ3) is 3.31. The predicted octanol–water partition coefficient (Wildman–Crippen LogP) is 4.41. The van der Waals surface area contributed by atoms with E-state index in [-0.39, 0.29) is 6.04 Å². The topological polar surface area (TPSA) is 55.1 Å². The highest BCUT2D eigenvalue weighted by Crippen LogP contribution is 2.36. The molecule has 25 heavy (non-hydrogen) atoms. The van der Waals surface area contributed by atoms with Crippen molar-refractivity contribution in [3.05, 3.63) is 53.9 Å². The highest BCUT2D eigenvalue weighted by atomic mass is 19.3. The van der Waals surface area contributed by atoms with E-state index >= 15 is 0 Å². The van der Waals surface area contributed by atoms with Crippen LogP contribution in [0.2, 0.25) is 0 Å². The largest absolute Gasteiger partial charge is 0.362 e. The Morgan fingerprint density at radius 3 is 2.56 bits per heavy atom. The van der Waals surface area contributed by atoms with Crippen LogP contribution in [0.1, 0.15) is 49.5 Å². The zero-order valence-corrected chi connectivity index (χ0v) is 13.6. The minimum atomic E-state index is -2.71. The number of nitrogens with zero attached hydrogens (tertiary/aromatic N) is 4. The maximum Gasteiger partial charge on any atom is 0.299 e. The summed E-state index contributed by atoms with van der Waals surface area (Å²) in [5.74, 6) is 0.809. The van der Waals surface area contributed by atoms with Crippen molar-refractivity contribution in [1.29, 1.82) is 0 Å². The molecule has 1 aliphatic carbocycles. The van der Waals surface area contributed by atoms with Gasteiger partial charge in [0.15, 0.2) is 5.65 Å². The molecule has 1 N–H and O–H groups in total. The van der Waals surface area contributed by atoms with Gasteiger partial charge in [-0.05, 0) is 30.0 Å². The average Bonchev–Trinajstić information content (AvgIpc) is 3.01. The lowest BCUT2D eigenvalue weighted by Crippen LogP contribution is -2.20. The van der Waals surface area contributed by atoms with Crippen molar-refractivity contribution in [3.8, 4) is 0 Å². The van der Waals surface area contributed by atoms with Gasteiger partial charge in [-0.15, -0.1) is 15.3 Å². The number of fused-ring (bicyclic) bond motifs is 1. The minimum absolute atomic E-state index is 0.0999. The number of benzene rings is 1. The molecule has 0 bridgehead atoms. The molecule has 0 spiro atoms. The fraction of sp³-hybridized carbons (Fsp3) is 0.389. The summed E-state index contributed by atoms with van der Waals surface area (Å²) in [6, 6.07) is 13.7. The number of hydrogen-bond donors (Lipinski definition) is 1. The lowest BCUT2D eigenvalue weighted by molar-refractivity contribution is 0.137. The Morgan fingerprint density at radius 2 is 1.88 bits per heavy atom. The standard InChI is InChI=1S/C18H19F2N5/c19-17(20)18-23-22-16-10-9-15(24-25(16)18)21-14(11-12-5-4-6-12)13-7-2-1-3-8-13/h1-3,7-10,12,14,17H,4-6,11H2,(H,21,24). The molecular formula is C18H19F2N5. The predicted molar refractivity (Wildman–Crippen MR) is 90.5 cm³/mol. The van der Waals surface area contributed by atoms with Crippen LogP contribution in [0.25, 0.3) is 5.65 Å². The molecule has 1 saturated carbocycles. The summed E-state index contributed by atoms with van der Waals surface area (Å²) in [4.78, 5) is 0. The van der Waals surface area contributed by atoms with Crippen molar-refractivity contribution in [2.45, 2.75) is 38.2 Å². The molecule has 0 aliphatic heterocycles. The van der Waals surface area contributed by atoms with Crippen molar-refractivity contribution in [2.75, 3.05) is 5.32 Å². The SMILES string of the molecule is FC(F)c1nnc2ccc(NC(CC3CCC3)c3ccccc3)nn12. The van der Waals surface area contributed by atoms with Crippen LogP contribution in [0.4, 0.5) is 14.6 Å². The quantitative estimate of drug-likeness (QED) is 0.720. The number of alkyl halides is 2. The molecule has 2 heterocycles. The number of nitrogens with one attached hydrogen (secondary N) is 1. The normalized spacial score (nSPS) is 16.1. The van der Waals surface area contributed by atoms with Gasteiger partial charge in [0.25, 0.3) is 6.43 Å². The first-order valence-electron chi connectivity index (χ1n) is 8.52. The smallest absolute Gasteiger partial charge is 0.299 e. The molecule has 130 valence electrons. The van der Waals surface area contributed by atoms with E-state index in [0.717, 1.165) is 10.9 Å². The molecule has 5 nitrogen and oxygen atoms in total. The van der Waals surface area contributed by atoms with Crippen LogP contribution in [-0.4, -0.2) is 19.8 Å². The molecule has 1 aromatic carbocycles. The van der Waals surface area contributed by atoms with E-state index < -0.39 is 12.2 Å². The summed E-state index contributed by atoms with van der Waals surface area (Å²) in [6.45, 7) is 0. The van der Waals surface area contributed by atoms with Gasteiger partial charge >= 0.3 is 0 Å². The number of aromatic nitrogens is 4. The second kappa shape index (κ2) is 6.74. The van der Waals surface area contributed by atoms with Crippen LogP contribution >= 0.6 is 0 Å². The van der Waals surface area contributed by atoms with E-state index in [1.807, 2.05) is 18.2 Å². The van der Waals surface area contributed by atoms with Gasteiger partial charge in [-0.1, -0.05) is 49.6 Å². The van der Waals surface area contributed by atoms with Gasteiger partial charge in [0.05, 0.1) is 6.04 Å². The van der Waals surface area contributed by atoms with Gasteiger partial charge in [0, 0.05) is 0 Å². The highest BCUT2D eigenvalue weighted by molar-refractivity contribution is 5.45. The van der Waals surface area contributed by atoms with Gasteiger partial charge in [0.1, 0.15) is 5.82 Å². The summed E-state index contributed by atoms with van der Waals surface area (Å²) >= 11 is 0. The molecule has 3 aromatic rings. The molecule has 4 rings (SSSR count). The second-order valence-electron chi connectivity index (χ2n) is 6.49. The molecular weight excluding hydrogens is 324 g/mol. The van der Waals surface area contributed by atoms with Gasteiger partial charge < -0.3 is 5.32 Å². The molecule has 0 amide bonds. The zero-order valence-electron chi connectivity index (χ0n) is 13.6. The van der Waals surface area contributed by atoms with Crippen LogP contribution in [0, 0.1) is 5.92 Å². The monoisotopic (exact) mass is 343 g/mol. The maximum absolute atomic E-state index is 13.0. The third-order valence-corrected chi connectivity index (χ3v) is 4.80. The minimum Gasteiger partial charge on any atom is -0.362 e. The Kier molecular flexibility index (Phi) is 4.29. The average molecular weight is 343 g/mol. The molecule has 1 fully saturated rings. The maximum atomic E-state index is 13.0. The summed E-state index contributed by atoms with van der Waals surface area (Å²) < 4.78 is 27.2. The number of anilines is 1. The zero-order chi connectivity index (χ0) is 17.2. The van der Waals surface area contributed by atoms with Crippen LogP contribution in [0.15, 0.2) is 42.5 Å². The summed E-state index contributed by atoms with van der Waals surface area (Å²) in [6.07, 6.45) is 2.08. The van der Waals surface area contributed by atoms with E-state index in [2.05, 4.69) is 32.7 Å². The Bertz CT molecular complexity index is 845. The van der Waals surface area contributed by atoms with Crippen LogP contribution < -0.4 is 5.32 Å². The van der Waals surface area contributed by atoms with Crippen LogP contribution in [0.3, 0.4) is 0 Å². The summed E-state index contributed by atoms with van der Waals surface area (Å²) in [5, 5.41) is 14.9. The molecule has 7 heteroatoms. The first kappa shape index (κ1) is 15.9. The lowest BCUT2D eigenvalue weighted by Gasteiger charge is -2.30. The van der Waals surface area contributed by atoms with Gasteiger partial charge in [0.2, 0.25) is 5.82 Å². The molecule has 0 saturated heterocycles. The van der Waals surface area contributed by atoms with Crippen molar-refractivity contribution in [3.63, 3.8) is 0 Å². The van der Waals surface area contributed by atoms with E-state index in [9.17, 15) is 8.78 Å². The van der Waals surface area contributed by atoms with Crippen LogP contribution in [-0.2, 0) is 0 Å². The fourth-order valence-corrected chi connectivity index (χ4v) is 3.22. The number of hydrogen-bond acceptors (Lipinski definition) is 4. The summed E-state index contributed by atoms with van der Waals surface area (Å²) in [7, 11) is 0. The molecule has 1 unspecified atom stereocenters. The Hall–Kier alpha value is -2.57. The fourth-order valence-electron chi connectivity index (χ4n) is 3.22. The van der Waals surface area contributed by atoms with Crippen molar-refractivity contribution < 1.29 is 8.78 Å². The lowest BCUT2D eigenvalue weighted by atomic mass is 9.79. The Balaban J connectivity index is 1.62. The van der Waals surface area contributed by atoms with Gasteiger partial charge in [-0.3, -0.25) is 0 Å². The van der Waals surface area contributed by atoms with Gasteiger partial charge in [-0.2, -0.15) is 4.52 Å². The first-order valence-corrected chi connectivity index (χ1v) is 8.52. The molecule has 1 atom stereocenters. The van der Waals surface area contributed by atoms with E-state index in [1.54, 1.807) is 12.1 Å². The highest BCUT2D eigenvalue weighted by Gasteiger charge is 2.24. The number of halogens is 2.